The maximum Gasteiger partial charge on any atom is 0.225 e. The van der Waals surface area contributed by atoms with E-state index in [-0.39, 0.29) is 0 Å². The molecule has 11 heavy (non-hydrogen) atoms. The van der Waals surface area contributed by atoms with Gasteiger partial charge in [-0.3, -0.25) is 4.79 Å². The van der Waals surface area contributed by atoms with Crippen molar-refractivity contribution < 1.29 is 4.79 Å². The largest absolute Gasteiger partial charge is 0.331 e. The van der Waals surface area contributed by atoms with Crippen LogP contribution in [0.1, 0.15) is 0 Å². The zero-order chi connectivity index (χ0) is 7.68. The van der Waals surface area contributed by atoms with Crippen LogP contribution in [0, 0.1) is 0 Å². The Hall–Kier alpha value is -1.65. The van der Waals surface area contributed by atoms with Gasteiger partial charge in [0.05, 0.1) is 6.54 Å². The Morgan fingerprint density at radius 1 is 1.73 bits per heavy atom. The summed E-state index contributed by atoms with van der Waals surface area (Å²) in [7, 11) is 0. The molecule has 1 aromatic heterocycles. The van der Waals surface area contributed by atoms with Gasteiger partial charge in [-0.1, -0.05) is 0 Å². The molecule has 0 aromatic carbocycles. The summed E-state index contributed by atoms with van der Waals surface area (Å²) in [5, 5.41) is 6.74. The molecule has 0 fully saturated rings. The van der Waals surface area contributed by atoms with E-state index < -0.39 is 0 Å². The van der Waals surface area contributed by atoms with Gasteiger partial charge in [-0.05, 0) is 0 Å². The Morgan fingerprint density at radius 3 is 3.45 bits per heavy atom. The average molecular weight is 150 g/mol. The van der Waals surface area contributed by atoms with Gasteiger partial charge in [0.25, 0.3) is 0 Å². The summed E-state index contributed by atoms with van der Waals surface area (Å²) in [5.41, 5.74) is 0.669. The van der Waals surface area contributed by atoms with E-state index in [9.17, 15) is 4.79 Å². The number of carbonyl (C=O) groups excluding carboxylic acids is 1. The molecular formula is C6H6N4O. The predicted octanol–water partition coefficient (Wildman–Crippen LogP) is -0.214. The Bertz CT molecular complexity index is 314. The van der Waals surface area contributed by atoms with Crippen LogP contribution >= 0.6 is 0 Å². The van der Waals surface area contributed by atoms with Crippen molar-refractivity contribution in [1.82, 2.24) is 14.8 Å². The minimum Gasteiger partial charge on any atom is -0.331 e. The third-order valence-corrected chi connectivity index (χ3v) is 1.49. The highest BCUT2D eigenvalue weighted by Gasteiger charge is 2.09. The van der Waals surface area contributed by atoms with Gasteiger partial charge >= 0.3 is 0 Å². The number of allylic oxidation sites excluding steroid dienone is 1. The highest BCUT2D eigenvalue weighted by Crippen LogP contribution is 2.09. The van der Waals surface area contributed by atoms with E-state index in [1.54, 1.807) is 10.9 Å². The normalized spacial score (nSPS) is 14.7. The number of aldehydes is 1. The topological polar surface area (TPSA) is 59.8 Å². The lowest BCUT2D eigenvalue weighted by Crippen LogP contribution is -2.14. The smallest absolute Gasteiger partial charge is 0.225 e. The molecule has 0 radical (unpaired) electrons. The molecule has 1 aromatic rings. The zero-order valence-corrected chi connectivity index (χ0v) is 5.69. The molecule has 0 aliphatic carbocycles. The number of aromatic nitrogens is 3. The SMILES string of the molecule is O=CC1=CNc2ncnn2C1. The second kappa shape index (κ2) is 2.19. The maximum atomic E-state index is 10.3. The first kappa shape index (κ1) is 6.09. The van der Waals surface area contributed by atoms with Crippen LogP contribution in [0.2, 0.25) is 0 Å². The predicted molar refractivity (Wildman–Crippen MR) is 37.8 cm³/mol. The summed E-state index contributed by atoms with van der Waals surface area (Å²) in [4.78, 5) is 14.2. The molecule has 5 heteroatoms. The highest BCUT2D eigenvalue weighted by atomic mass is 16.1. The van der Waals surface area contributed by atoms with E-state index in [1.807, 2.05) is 0 Å². The summed E-state index contributed by atoms with van der Waals surface area (Å²) < 4.78 is 1.63. The zero-order valence-electron chi connectivity index (χ0n) is 5.69. The van der Waals surface area contributed by atoms with E-state index in [2.05, 4.69) is 15.4 Å². The maximum absolute atomic E-state index is 10.3. The van der Waals surface area contributed by atoms with E-state index in [1.165, 1.54) is 6.33 Å². The highest BCUT2D eigenvalue weighted by molar-refractivity contribution is 5.74. The van der Waals surface area contributed by atoms with Crippen LogP contribution in [-0.4, -0.2) is 21.1 Å². The van der Waals surface area contributed by atoms with Crippen molar-refractivity contribution in [3.05, 3.63) is 18.1 Å². The Kier molecular flexibility index (Phi) is 1.21. The van der Waals surface area contributed by atoms with Crippen LogP contribution in [0.3, 0.4) is 0 Å². The lowest BCUT2D eigenvalue weighted by Gasteiger charge is -2.10. The van der Waals surface area contributed by atoms with Gasteiger partial charge in [-0.25, -0.2) is 4.68 Å². The van der Waals surface area contributed by atoms with Crippen LogP contribution in [0.25, 0.3) is 0 Å². The van der Waals surface area contributed by atoms with Gasteiger partial charge < -0.3 is 5.32 Å². The summed E-state index contributed by atoms with van der Waals surface area (Å²) in [6, 6.07) is 0. The number of carbonyl (C=O) groups is 1. The van der Waals surface area contributed by atoms with Crippen molar-refractivity contribution in [2.24, 2.45) is 0 Å². The molecular weight excluding hydrogens is 144 g/mol. The van der Waals surface area contributed by atoms with Gasteiger partial charge in [-0.15, -0.1) is 0 Å². The third kappa shape index (κ3) is 0.899. The molecule has 1 aliphatic heterocycles. The van der Waals surface area contributed by atoms with Crippen molar-refractivity contribution in [2.75, 3.05) is 5.32 Å². The summed E-state index contributed by atoms with van der Waals surface area (Å²) in [5.74, 6) is 0.676. The lowest BCUT2D eigenvalue weighted by atomic mass is 10.3. The average Bonchev–Trinajstić information content (AvgIpc) is 2.50. The molecule has 0 bridgehead atoms. The van der Waals surface area contributed by atoms with Crippen molar-refractivity contribution in [3.8, 4) is 0 Å². The second-order valence-electron chi connectivity index (χ2n) is 2.22. The van der Waals surface area contributed by atoms with Crippen LogP contribution in [0.4, 0.5) is 5.95 Å². The second-order valence-corrected chi connectivity index (χ2v) is 2.22. The number of nitrogens with one attached hydrogen (secondary N) is 1. The quantitative estimate of drug-likeness (QED) is 0.562. The molecule has 5 nitrogen and oxygen atoms in total. The fourth-order valence-electron chi connectivity index (χ4n) is 0.939. The van der Waals surface area contributed by atoms with E-state index in [0.29, 0.717) is 18.1 Å². The van der Waals surface area contributed by atoms with Gasteiger partial charge in [0, 0.05) is 11.8 Å². The van der Waals surface area contributed by atoms with Crippen molar-refractivity contribution in [3.63, 3.8) is 0 Å². The van der Waals surface area contributed by atoms with Crippen molar-refractivity contribution >= 4 is 12.2 Å². The summed E-state index contributed by atoms with van der Waals surface area (Å²) in [6.07, 6.45) is 3.89. The Labute approximate surface area is 62.7 Å². The molecule has 0 amide bonds. The molecule has 0 unspecified atom stereocenters. The number of hydrogen-bond acceptors (Lipinski definition) is 4. The molecule has 56 valence electrons. The number of nitrogens with zero attached hydrogens (tertiary/aromatic N) is 3. The molecule has 0 spiro atoms. The Balaban J connectivity index is 2.33. The van der Waals surface area contributed by atoms with Gasteiger partial charge in [0.2, 0.25) is 5.95 Å². The first-order valence-corrected chi connectivity index (χ1v) is 3.19. The first-order valence-electron chi connectivity index (χ1n) is 3.19. The number of hydrogen-bond donors (Lipinski definition) is 1. The molecule has 2 rings (SSSR count). The minimum absolute atomic E-state index is 0.506. The molecule has 0 atom stereocenters. The van der Waals surface area contributed by atoms with Crippen LogP contribution in [0.15, 0.2) is 18.1 Å². The number of fused-ring (bicyclic) bond motifs is 1. The summed E-state index contributed by atoms with van der Waals surface area (Å²) >= 11 is 0. The van der Waals surface area contributed by atoms with Crippen LogP contribution in [0.5, 0.6) is 0 Å². The fraction of sp³-hybridized carbons (Fsp3) is 0.167. The van der Waals surface area contributed by atoms with E-state index in [0.717, 1.165) is 6.29 Å². The Morgan fingerprint density at radius 2 is 2.64 bits per heavy atom. The summed E-state index contributed by atoms with van der Waals surface area (Å²) in [6.45, 7) is 0.506. The van der Waals surface area contributed by atoms with E-state index in [4.69, 9.17) is 0 Å². The standard InChI is InChI=1S/C6H6N4O/c11-3-5-1-7-6-8-4-9-10(6)2-5/h1,3-4H,2H2,(H,7,8,9). The van der Waals surface area contributed by atoms with Crippen LogP contribution in [-0.2, 0) is 11.3 Å². The van der Waals surface area contributed by atoms with Crippen LogP contribution < -0.4 is 5.32 Å². The van der Waals surface area contributed by atoms with Gasteiger partial charge in [0.1, 0.15) is 12.6 Å². The number of rotatable bonds is 1. The van der Waals surface area contributed by atoms with Crippen molar-refractivity contribution in [1.29, 1.82) is 0 Å². The minimum atomic E-state index is 0.506. The molecule has 1 aliphatic rings. The van der Waals surface area contributed by atoms with Gasteiger partial charge in [0.15, 0.2) is 0 Å². The molecule has 2 heterocycles. The molecule has 0 saturated carbocycles. The van der Waals surface area contributed by atoms with E-state index >= 15 is 0 Å². The first-order chi connectivity index (χ1) is 5.40. The monoisotopic (exact) mass is 150 g/mol. The van der Waals surface area contributed by atoms with Gasteiger partial charge in [-0.2, -0.15) is 10.1 Å². The molecule has 0 saturated heterocycles. The third-order valence-electron chi connectivity index (χ3n) is 1.49. The molecule has 1 N–H and O–H groups in total. The fourth-order valence-corrected chi connectivity index (χ4v) is 0.939. The van der Waals surface area contributed by atoms with Crippen molar-refractivity contribution in [2.45, 2.75) is 6.54 Å². The lowest BCUT2D eigenvalue weighted by molar-refractivity contribution is -0.105. The number of anilines is 1.